The molecule has 2 rings (SSSR count). The van der Waals surface area contributed by atoms with E-state index >= 15 is 0 Å². The summed E-state index contributed by atoms with van der Waals surface area (Å²) in [6, 6.07) is 5.68. The van der Waals surface area contributed by atoms with Gasteiger partial charge in [-0.15, -0.1) is 0 Å². The molecule has 0 aliphatic heterocycles. The van der Waals surface area contributed by atoms with Crippen molar-refractivity contribution in [1.29, 1.82) is 0 Å². The SMILES string of the molecule is Cc1ccc(C(=O)Cn2ccnc2CO)cc1C. The van der Waals surface area contributed by atoms with Crippen LogP contribution in [0.2, 0.25) is 0 Å². The van der Waals surface area contributed by atoms with Gasteiger partial charge in [0.2, 0.25) is 0 Å². The standard InChI is InChI=1S/C14H16N2O2/c1-10-3-4-12(7-11(10)2)13(18)8-16-6-5-15-14(16)9-17/h3-7,17H,8-9H2,1-2H3. The van der Waals surface area contributed by atoms with Gasteiger partial charge in [-0.25, -0.2) is 4.98 Å². The first-order valence-corrected chi connectivity index (χ1v) is 5.83. The first-order chi connectivity index (χ1) is 8.61. The Kier molecular flexibility index (Phi) is 3.58. The van der Waals surface area contributed by atoms with E-state index in [1.165, 1.54) is 5.56 Å². The van der Waals surface area contributed by atoms with E-state index in [9.17, 15) is 4.79 Å². The van der Waals surface area contributed by atoms with Crippen LogP contribution in [-0.4, -0.2) is 20.4 Å². The quantitative estimate of drug-likeness (QED) is 0.835. The molecule has 0 fully saturated rings. The topological polar surface area (TPSA) is 55.1 Å². The maximum absolute atomic E-state index is 12.1. The Morgan fingerprint density at radius 1 is 1.33 bits per heavy atom. The first-order valence-electron chi connectivity index (χ1n) is 5.83. The molecular weight excluding hydrogens is 228 g/mol. The van der Waals surface area contributed by atoms with Crippen LogP contribution < -0.4 is 0 Å². The van der Waals surface area contributed by atoms with Gasteiger partial charge in [-0.3, -0.25) is 4.79 Å². The third-order valence-corrected chi connectivity index (χ3v) is 3.09. The van der Waals surface area contributed by atoms with Crippen LogP contribution in [0, 0.1) is 13.8 Å². The van der Waals surface area contributed by atoms with Gasteiger partial charge in [0, 0.05) is 18.0 Å². The van der Waals surface area contributed by atoms with Gasteiger partial charge in [0.1, 0.15) is 12.4 Å². The Bertz CT molecular complexity index is 573. The molecule has 0 aliphatic rings. The second kappa shape index (κ2) is 5.14. The fraction of sp³-hybridized carbons (Fsp3) is 0.286. The summed E-state index contributed by atoms with van der Waals surface area (Å²) in [5.41, 5.74) is 2.97. The summed E-state index contributed by atoms with van der Waals surface area (Å²) in [6.45, 7) is 4.05. The second-order valence-electron chi connectivity index (χ2n) is 4.35. The van der Waals surface area contributed by atoms with Crippen LogP contribution in [0.5, 0.6) is 0 Å². The fourth-order valence-electron chi connectivity index (χ4n) is 1.80. The molecule has 0 atom stereocenters. The van der Waals surface area contributed by atoms with Gasteiger partial charge in [0.05, 0.1) is 6.54 Å². The zero-order chi connectivity index (χ0) is 13.1. The first kappa shape index (κ1) is 12.5. The van der Waals surface area contributed by atoms with E-state index < -0.39 is 0 Å². The number of aliphatic hydroxyl groups excluding tert-OH is 1. The molecule has 0 amide bonds. The van der Waals surface area contributed by atoms with Crippen molar-refractivity contribution < 1.29 is 9.90 Å². The number of aromatic nitrogens is 2. The Balaban J connectivity index is 2.19. The lowest BCUT2D eigenvalue weighted by Crippen LogP contribution is -2.12. The predicted molar refractivity (Wildman–Crippen MR) is 68.4 cm³/mol. The lowest BCUT2D eigenvalue weighted by molar-refractivity contribution is 0.0969. The highest BCUT2D eigenvalue weighted by molar-refractivity contribution is 5.96. The van der Waals surface area contributed by atoms with Crippen molar-refractivity contribution in [2.45, 2.75) is 27.0 Å². The molecule has 0 aliphatic carbocycles. The van der Waals surface area contributed by atoms with Crippen molar-refractivity contribution in [3.63, 3.8) is 0 Å². The van der Waals surface area contributed by atoms with Crippen LogP contribution in [0.3, 0.4) is 0 Å². The zero-order valence-electron chi connectivity index (χ0n) is 10.6. The van der Waals surface area contributed by atoms with Gasteiger partial charge in [-0.2, -0.15) is 0 Å². The summed E-state index contributed by atoms with van der Waals surface area (Å²) in [5, 5.41) is 9.08. The third kappa shape index (κ3) is 2.49. The minimum Gasteiger partial charge on any atom is -0.388 e. The van der Waals surface area contributed by atoms with Gasteiger partial charge in [0.25, 0.3) is 0 Å². The summed E-state index contributed by atoms with van der Waals surface area (Å²) < 4.78 is 1.66. The van der Waals surface area contributed by atoms with E-state index in [4.69, 9.17) is 5.11 Å². The Hall–Kier alpha value is -1.94. The van der Waals surface area contributed by atoms with E-state index in [1.54, 1.807) is 17.0 Å². The van der Waals surface area contributed by atoms with Gasteiger partial charge >= 0.3 is 0 Å². The van der Waals surface area contributed by atoms with E-state index in [0.29, 0.717) is 11.4 Å². The van der Waals surface area contributed by atoms with E-state index in [1.807, 2.05) is 32.0 Å². The molecule has 2 aromatic rings. The van der Waals surface area contributed by atoms with Crippen molar-refractivity contribution in [2.24, 2.45) is 0 Å². The van der Waals surface area contributed by atoms with Gasteiger partial charge in [-0.1, -0.05) is 12.1 Å². The van der Waals surface area contributed by atoms with Crippen molar-refractivity contribution in [2.75, 3.05) is 0 Å². The second-order valence-corrected chi connectivity index (χ2v) is 4.35. The number of carbonyl (C=O) groups is 1. The Morgan fingerprint density at radius 2 is 2.11 bits per heavy atom. The number of rotatable bonds is 4. The number of nitrogens with zero attached hydrogens (tertiary/aromatic N) is 2. The lowest BCUT2D eigenvalue weighted by Gasteiger charge is -2.07. The number of benzene rings is 1. The smallest absolute Gasteiger partial charge is 0.182 e. The van der Waals surface area contributed by atoms with Crippen molar-refractivity contribution >= 4 is 5.78 Å². The largest absolute Gasteiger partial charge is 0.388 e. The highest BCUT2D eigenvalue weighted by atomic mass is 16.3. The number of hydrogen-bond donors (Lipinski definition) is 1. The van der Waals surface area contributed by atoms with Crippen molar-refractivity contribution in [3.8, 4) is 0 Å². The van der Waals surface area contributed by atoms with Crippen LogP contribution in [0.25, 0.3) is 0 Å². The van der Waals surface area contributed by atoms with Gasteiger partial charge < -0.3 is 9.67 Å². The summed E-state index contributed by atoms with van der Waals surface area (Å²) in [4.78, 5) is 16.1. The normalized spacial score (nSPS) is 10.6. The number of hydrogen-bond acceptors (Lipinski definition) is 3. The predicted octanol–water partition coefficient (Wildman–Crippen LogP) is 1.88. The molecule has 18 heavy (non-hydrogen) atoms. The zero-order valence-corrected chi connectivity index (χ0v) is 10.6. The van der Waals surface area contributed by atoms with Crippen LogP contribution in [0.15, 0.2) is 30.6 Å². The van der Waals surface area contributed by atoms with Crippen LogP contribution in [0.4, 0.5) is 0 Å². The number of Topliss-reactive ketones (excluding diaryl/α,β-unsaturated/α-hetero) is 1. The maximum atomic E-state index is 12.1. The third-order valence-electron chi connectivity index (χ3n) is 3.09. The Morgan fingerprint density at radius 3 is 2.78 bits per heavy atom. The molecule has 0 saturated heterocycles. The number of carbonyl (C=O) groups excluding carboxylic acids is 1. The van der Waals surface area contributed by atoms with Crippen LogP contribution >= 0.6 is 0 Å². The lowest BCUT2D eigenvalue weighted by atomic mass is 10.0. The molecule has 0 unspecified atom stereocenters. The summed E-state index contributed by atoms with van der Waals surface area (Å²) in [5.74, 6) is 0.526. The number of imidazole rings is 1. The van der Waals surface area contributed by atoms with E-state index in [2.05, 4.69) is 4.98 Å². The minimum absolute atomic E-state index is 0.0193. The van der Waals surface area contributed by atoms with Gasteiger partial charge in [-0.05, 0) is 31.0 Å². The molecule has 1 aromatic heterocycles. The summed E-state index contributed by atoms with van der Waals surface area (Å²) in [6.07, 6.45) is 3.28. The van der Waals surface area contributed by atoms with Gasteiger partial charge in [0.15, 0.2) is 5.78 Å². The molecule has 1 heterocycles. The average Bonchev–Trinajstić information content (AvgIpc) is 2.79. The molecule has 4 nitrogen and oxygen atoms in total. The van der Waals surface area contributed by atoms with Crippen LogP contribution in [0.1, 0.15) is 27.3 Å². The molecule has 0 bridgehead atoms. The molecule has 0 spiro atoms. The number of aliphatic hydroxyl groups is 1. The van der Waals surface area contributed by atoms with E-state index in [0.717, 1.165) is 5.56 Å². The molecule has 4 heteroatoms. The highest BCUT2D eigenvalue weighted by Crippen LogP contribution is 2.11. The molecule has 1 N–H and O–H groups in total. The van der Waals surface area contributed by atoms with Crippen molar-refractivity contribution in [1.82, 2.24) is 9.55 Å². The van der Waals surface area contributed by atoms with Crippen molar-refractivity contribution in [3.05, 3.63) is 53.1 Å². The number of ketones is 1. The van der Waals surface area contributed by atoms with E-state index in [-0.39, 0.29) is 18.9 Å². The summed E-state index contributed by atoms with van der Waals surface area (Å²) >= 11 is 0. The number of aryl methyl sites for hydroxylation is 2. The summed E-state index contributed by atoms with van der Waals surface area (Å²) in [7, 11) is 0. The monoisotopic (exact) mass is 244 g/mol. The Labute approximate surface area is 106 Å². The molecule has 1 aromatic carbocycles. The molecular formula is C14H16N2O2. The van der Waals surface area contributed by atoms with Crippen LogP contribution in [-0.2, 0) is 13.2 Å². The molecule has 0 saturated carbocycles. The molecule has 0 radical (unpaired) electrons. The maximum Gasteiger partial charge on any atom is 0.182 e. The fourth-order valence-corrected chi connectivity index (χ4v) is 1.80. The minimum atomic E-state index is -0.160. The average molecular weight is 244 g/mol. The highest BCUT2D eigenvalue weighted by Gasteiger charge is 2.10. The molecule has 94 valence electrons.